The van der Waals surface area contributed by atoms with E-state index in [1.165, 1.54) is 0 Å². The van der Waals surface area contributed by atoms with Crippen LogP contribution in [0.25, 0.3) is 11.0 Å². The molecule has 1 amide bonds. The van der Waals surface area contributed by atoms with E-state index in [1.807, 2.05) is 45.9 Å². The highest BCUT2D eigenvalue weighted by Gasteiger charge is 2.50. The van der Waals surface area contributed by atoms with E-state index in [9.17, 15) is 14.4 Å². The Hall–Kier alpha value is -3.27. The van der Waals surface area contributed by atoms with E-state index in [2.05, 4.69) is 0 Å². The van der Waals surface area contributed by atoms with E-state index in [4.69, 9.17) is 28.9 Å². The first-order valence-corrected chi connectivity index (χ1v) is 17.0. The molecule has 46 heavy (non-hydrogen) atoms. The molecule has 1 saturated carbocycles. The third-order valence-corrected chi connectivity index (χ3v) is 10.5. The van der Waals surface area contributed by atoms with E-state index < -0.39 is 29.1 Å². The van der Waals surface area contributed by atoms with Gasteiger partial charge in [-0.15, -0.1) is 0 Å². The maximum absolute atomic E-state index is 14.4. The number of carbonyl (C=O) groups is 3. The number of aldehydes is 1. The fourth-order valence-corrected chi connectivity index (χ4v) is 7.90. The van der Waals surface area contributed by atoms with Crippen molar-refractivity contribution in [2.45, 2.75) is 110 Å². The molecule has 3 heterocycles. The van der Waals surface area contributed by atoms with E-state index >= 15 is 0 Å². The van der Waals surface area contributed by atoms with Crippen molar-refractivity contribution in [3.63, 3.8) is 0 Å². The Labute approximate surface area is 272 Å². The minimum atomic E-state index is -0.688. The largest absolute Gasteiger partial charge is 0.497 e. The zero-order valence-corrected chi connectivity index (χ0v) is 28.4. The number of aromatic nitrogens is 2. The second kappa shape index (κ2) is 14.2. The second-order valence-corrected chi connectivity index (χ2v) is 14.5. The Morgan fingerprint density at radius 2 is 1.85 bits per heavy atom. The van der Waals surface area contributed by atoms with Crippen LogP contribution in [-0.4, -0.2) is 78.1 Å². The number of aryl methyl sites for hydroxylation is 1. The number of amides is 1. The first kappa shape index (κ1) is 34.1. The van der Waals surface area contributed by atoms with Crippen molar-refractivity contribution in [2.75, 3.05) is 27.4 Å². The lowest BCUT2D eigenvalue weighted by atomic mass is 9.77. The van der Waals surface area contributed by atoms with Gasteiger partial charge < -0.3 is 28.6 Å². The average molecular weight is 638 g/mol. The molecule has 1 aliphatic carbocycles. The van der Waals surface area contributed by atoms with Crippen LogP contribution in [0.4, 0.5) is 0 Å². The normalized spacial score (nSPS) is 29.7. The quantitative estimate of drug-likeness (QED) is 0.300. The van der Waals surface area contributed by atoms with Gasteiger partial charge in [0.1, 0.15) is 29.4 Å². The summed E-state index contributed by atoms with van der Waals surface area (Å²) in [7, 11) is 3.27. The first-order valence-electron chi connectivity index (χ1n) is 17.0. The molecular formula is C36H51N3O7. The molecule has 0 spiro atoms. The molecule has 2 aromatic rings. The number of hydrogen-bond acceptors (Lipinski definition) is 9. The van der Waals surface area contributed by atoms with Gasteiger partial charge in [0.05, 0.1) is 49.7 Å². The highest BCUT2D eigenvalue weighted by Crippen LogP contribution is 2.44. The van der Waals surface area contributed by atoms with Crippen LogP contribution in [0, 0.1) is 23.2 Å². The zero-order valence-electron chi connectivity index (χ0n) is 28.4. The summed E-state index contributed by atoms with van der Waals surface area (Å²) in [5.41, 5.74) is 0.957. The summed E-state index contributed by atoms with van der Waals surface area (Å²) in [5, 5.41) is 0. The fourth-order valence-electron chi connectivity index (χ4n) is 7.90. The predicted octanol–water partition coefficient (Wildman–Crippen LogP) is 5.72. The number of ether oxygens (including phenoxy) is 4. The van der Waals surface area contributed by atoms with Gasteiger partial charge in [0.2, 0.25) is 11.8 Å². The van der Waals surface area contributed by atoms with Crippen molar-refractivity contribution in [3.05, 3.63) is 23.9 Å². The number of rotatable bonds is 5. The highest BCUT2D eigenvalue weighted by atomic mass is 16.6. The summed E-state index contributed by atoms with van der Waals surface area (Å²) in [4.78, 5) is 52.2. The first-order chi connectivity index (χ1) is 22.0. The van der Waals surface area contributed by atoms with Crippen LogP contribution in [0.2, 0.25) is 0 Å². The summed E-state index contributed by atoms with van der Waals surface area (Å²) in [6.45, 7) is 8.44. The Morgan fingerprint density at radius 3 is 2.54 bits per heavy atom. The lowest BCUT2D eigenvalue weighted by Gasteiger charge is -2.37. The van der Waals surface area contributed by atoms with Gasteiger partial charge in [-0.3, -0.25) is 9.59 Å². The van der Waals surface area contributed by atoms with E-state index in [1.54, 1.807) is 19.1 Å². The van der Waals surface area contributed by atoms with Gasteiger partial charge >= 0.3 is 5.97 Å². The molecule has 10 heteroatoms. The van der Waals surface area contributed by atoms with Crippen molar-refractivity contribution in [1.82, 2.24) is 14.9 Å². The highest BCUT2D eigenvalue weighted by molar-refractivity contribution is 5.87. The van der Waals surface area contributed by atoms with Crippen molar-refractivity contribution < 1.29 is 33.3 Å². The monoisotopic (exact) mass is 637 g/mol. The molecule has 252 valence electrons. The Bertz CT molecular complexity index is 1410. The number of carbonyl (C=O) groups excluding carboxylic acids is 3. The third kappa shape index (κ3) is 7.02. The van der Waals surface area contributed by atoms with Gasteiger partial charge in [-0.05, 0) is 62.5 Å². The topological polar surface area (TPSA) is 117 Å². The summed E-state index contributed by atoms with van der Waals surface area (Å²) in [5.74, 6) is -0.226. The molecule has 1 saturated heterocycles. The van der Waals surface area contributed by atoms with Crippen molar-refractivity contribution >= 4 is 29.2 Å². The summed E-state index contributed by atoms with van der Waals surface area (Å²) < 4.78 is 24.1. The minimum Gasteiger partial charge on any atom is -0.497 e. The van der Waals surface area contributed by atoms with Crippen molar-refractivity contribution in [2.24, 2.45) is 23.2 Å². The van der Waals surface area contributed by atoms with Crippen LogP contribution in [0.5, 0.6) is 11.6 Å². The fraction of sp³-hybridized carbons (Fsp3) is 0.694. The molecule has 0 radical (unpaired) electrons. The average Bonchev–Trinajstić information content (AvgIpc) is 3.58. The van der Waals surface area contributed by atoms with Gasteiger partial charge in [-0.2, -0.15) is 0 Å². The number of hydrogen-bond donors (Lipinski definition) is 0. The molecule has 3 aliphatic rings. The van der Waals surface area contributed by atoms with Crippen LogP contribution in [-0.2, 0) is 30.3 Å². The summed E-state index contributed by atoms with van der Waals surface area (Å²) in [6.07, 6.45) is 8.14. The van der Waals surface area contributed by atoms with Gasteiger partial charge in [-0.1, -0.05) is 40.5 Å². The predicted molar refractivity (Wildman–Crippen MR) is 174 cm³/mol. The van der Waals surface area contributed by atoms with Crippen LogP contribution < -0.4 is 9.47 Å². The summed E-state index contributed by atoms with van der Waals surface area (Å²) >= 11 is 0. The molecule has 10 nitrogen and oxygen atoms in total. The summed E-state index contributed by atoms with van der Waals surface area (Å²) in [6, 6.07) is 4.94. The lowest BCUT2D eigenvalue weighted by Crippen LogP contribution is -2.48. The number of esters is 1. The maximum atomic E-state index is 14.4. The minimum absolute atomic E-state index is 0.0625. The van der Waals surface area contributed by atoms with Crippen LogP contribution >= 0.6 is 0 Å². The number of nitrogens with zero attached hydrogens (tertiary/aromatic N) is 3. The van der Waals surface area contributed by atoms with Gasteiger partial charge in [-0.25, -0.2) is 9.97 Å². The van der Waals surface area contributed by atoms with Crippen LogP contribution in [0.15, 0.2) is 18.2 Å². The van der Waals surface area contributed by atoms with E-state index in [0.717, 1.165) is 62.4 Å². The van der Waals surface area contributed by atoms with E-state index in [0.29, 0.717) is 36.6 Å². The molecule has 0 N–H and O–H groups in total. The molecule has 0 unspecified atom stereocenters. The maximum Gasteiger partial charge on any atom is 0.307 e. The molecule has 2 bridgehead atoms. The number of methoxy groups -OCH3 is 2. The molecule has 1 aromatic heterocycles. The van der Waals surface area contributed by atoms with Gasteiger partial charge in [0, 0.05) is 25.0 Å². The smallest absolute Gasteiger partial charge is 0.307 e. The van der Waals surface area contributed by atoms with Crippen molar-refractivity contribution in [1.29, 1.82) is 0 Å². The molecule has 1 aromatic carbocycles. The van der Waals surface area contributed by atoms with Gasteiger partial charge in [0.15, 0.2) is 0 Å². The number of benzene rings is 1. The third-order valence-electron chi connectivity index (χ3n) is 10.5. The number of fused-ring (bicyclic) bond motifs is 5. The molecule has 6 atom stereocenters. The standard InChI is InChI=1S/C36H51N3O7/c1-7-25-30(21-40)39-20-31(25)45-33-28(37-27-16-15-24(44-6)18-29(27)38-33)14-10-8-9-12-23-13-11-17-36(23,22-43-5)46-32(41)19-26(34(39)42)35(2,3)4/h15-16,18,21,23,25-26,30-31H,7-14,17,19-20,22H2,1-6H3/t23-,25+,26-,30-,31+,36+/m1/s1. The van der Waals surface area contributed by atoms with E-state index in [-0.39, 0.29) is 36.7 Å². The van der Waals surface area contributed by atoms with Crippen LogP contribution in [0.3, 0.4) is 0 Å². The van der Waals surface area contributed by atoms with Crippen LogP contribution in [0.1, 0.15) is 91.2 Å². The molecule has 5 rings (SSSR count). The SMILES string of the molecule is CC[C@@H]1[C@@H]2CN(C(=O)[C@H](C(C)(C)C)CC(=O)O[C@]3(COC)CCC[C@H]3CCCCCc3nc4ccc(OC)cc4nc3O2)[C@@H]1C=O. The lowest BCUT2D eigenvalue weighted by molar-refractivity contribution is -0.175. The Balaban J connectivity index is 1.55. The zero-order chi connectivity index (χ0) is 33.1. The second-order valence-electron chi connectivity index (χ2n) is 14.5. The molecule has 2 fully saturated rings. The molecular weight excluding hydrogens is 586 g/mol. The Kier molecular flexibility index (Phi) is 10.5. The Morgan fingerprint density at radius 1 is 1.07 bits per heavy atom. The molecule has 2 aliphatic heterocycles. The van der Waals surface area contributed by atoms with Gasteiger partial charge in [0.25, 0.3) is 0 Å². The van der Waals surface area contributed by atoms with Crippen molar-refractivity contribution in [3.8, 4) is 11.6 Å².